The Kier molecular flexibility index (Phi) is 5.47. The fourth-order valence-corrected chi connectivity index (χ4v) is 2.86. The van der Waals surface area contributed by atoms with Crippen LogP contribution in [0.2, 0.25) is 0 Å². The molecule has 2 amide bonds. The number of rotatable bonds is 3. The van der Waals surface area contributed by atoms with Crippen molar-refractivity contribution in [2.75, 3.05) is 5.32 Å². The largest absolute Gasteiger partial charge is 0.334 e. The Bertz CT molecular complexity index is 705. The second-order valence-corrected chi connectivity index (χ2v) is 7.50. The van der Waals surface area contributed by atoms with E-state index in [9.17, 15) is 4.79 Å². The number of carbonyl (C=O) groups excluding carboxylic acids is 1. The predicted octanol–water partition coefficient (Wildman–Crippen LogP) is 5.38. The molecule has 2 aromatic rings. The van der Waals surface area contributed by atoms with E-state index >= 15 is 0 Å². The Morgan fingerprint density at radius 3 is 2.43 bits per heavy atom. The highest BCUT2D eigenvalue weighted by Crippen LogP contribution is 2.31. The average molecular weight is 375 g/mol. The van der Waals surface area contributed by atoms with Gasteiger partial charge in [-0.2, -0.15) is 0 Å². The van der Waals surface area contributed by atoms with Crippen LogP contribution in [0.25, 0.3) is 0 Å². The van der Waals surface area contributed by atoms with Gasteiger partial charge in [0.05, 0.1) is 0 Å². The second-order valence-electron chi connectivity index (χ2n) is 6.65. The van der Waals surface area contributed by atoms with Crippen molar-refractivity contribution >= 4 is 27.6 Å². The minimum atomic E-state index is -0.194. The zero-order valence-corrected chi connectivity index (χ0v) is 15.6. The molecular formula is C19H23BrN2O. The third-order valence-corrected chi connectivity index (χ3v) is 4.49. The summed E-state index contributed by atoms with van der Waals surface area (Å²) in [7, 11) is 0. The van der Waals surface area contributed by atoms with Gasteiger partial charge in [0.1, 0.15) is 0 Å². The molecule has 0 saturated carbocycles. The van der Waals surface area contributed by atoms with E-state index < -0.39 is 0 Å². The van der Waals surface area contributed by atoms with E-state index in [1.165, 1.54) is 0 Å². The van der Waals surface area contributed by atoms with Gasteiger partial charge in [0.2, 0.25) is 0 Å². The van der Waals surface area contributed by atoms with Crippen LogP contribution in [0.1, 0.15) is 37.5 Å². The summed E-state index contributed by atoms with van der Waals surface area (Å²) in [5.74, 6) is 0. The molecule has 2 aromatic carbocycles. The van der Waals surface area contributed by atoms with Crippen molar-refractivity contribution in [3.05, 3.63) is 63.6 Å². The minimum absolute atomic E-state index is 0.0307. The lowest BCUT2D eigenvalue weighted by Gasteiger charge is -2.24. The number of amides is 2. The summed E-state index contributed by atoms with van der Waals surface area (Å²) < 4.78 is 0.992. The van der Waals surface area contributed by atoms with Crippen LogP contribution in [0.15, 0.2) is 46.9 Å². The van der Waals surface area contributed by atoms with Crippen molar-refractivity contribution in [1.82, 2.24) is 5.32 Å². The molecule has 122 valence electrons. The van der Waals surface area contributed by atoms with E-state index in [2.05, 4.69) is 53.4 Å². The highest BCUT2D eigenvalue weighted by atomic mass is 79.9. The Hall–Kier alpha value is -1.81. The maximum Gasteiger partial charge on any atom is 0.319 e. The molecule has 0 saturated heterocycles. The van der Waals surface area contributed by atoms with E-state index in [0.717, 1.165) is 26.9 Å². The standard InChI is InChI=1S/C19H23BrN2O/c1-13-8-7-10-15(19(2,3)4)17(13)22-18(23)21-12-14-9-5-6-11-16(14)20/h5-11H,12H2,1-4H3,(H2,21,22,23). The normalized spacial score (nSPS) is 11.2. The Morgan fingerprint density at radius 2 is 1.78 bits per heavy atom. The van der Waals surface area contributed by atoms with Crippen molar-refractivity contribution < 1.29 is 4.79 Å². The van der Waals surface area contributed by atoms with Gasteiger partial charge in [-0.25, -0.2) is 4.79 Å². The molecule has 0 heterocycles. The Balaban J connectivity index is 2.11. The molecule has 0 bridgehead atoms. The lowest BCUT2D eigenvalue weighted by Crippen LogP contribution is -2.30. The number of anilines is 1. The molecule has 0 atom stereocenters. The molecule has 0 aromatic heterocycles. The molecule has 0 unspecified atom stereocenters. The van der Waals surface area contributed by atoms with Gasteiger partial charge in [-0.15, -0.1) is 0 Å². The molecule has 0 aliphatic carbocycles. The Morgan fingerprint density at radius 1 is 1.09 bits per heavy atom. The van der Waals surface area contributed by atoms with Crippen molar-refractivity contribution in [2.45, 2.75) is 39.7 Å². The summed E-state index contributed by atoms with van der Waals surface area (Å²) in [6, 6.07) is 13.8. The van der Waals surface area contributed by atoms with Gasteiger partial charge in [-0.3, -0.25) is 0 Å². The lowest BCUT2D eigenvalue weighted by molar-refractivity contribution is 0.251. The molecule has 23 heavy (non-hydrogen) atoms. The summed E-state index contributed by atoms with van der Waals surface area (Å²) in [6.45, 7) is 8.92. The van der Waals surface area contributed by atoms with Gasteiger partial charge in [0, 0.05) is 16.7 Å². The number of benzene rings is 2. The molecule has 0 spiro atoms. The smallest absolute Gasteiger partial charge is 0.319 e. The highest BCUT2D eigenvalue weighted by molar-refractivity contribution is 9.10. The molecule has 4 heteroatoms. The number of urea groups is 1. The number of para-hydroxylation sites is 1. The van der Waals surface area contributed by atoms with Crippen LogP contribution in [0.3, 0.4) is 0 Å². The molecule has 2 rings (SSSR count). The summed E-state index contributed by atoms with van der Waals surface area (Å²) in [6.07, 6.45) is 0. The van der Waals surface area contributed by atoms with Crippen molar-refractivity contribution in [3.63, 3.8) is 0 Å². The monoisotopic (exact) mass is 374 g/mol. The van der Waals surface area contributed by atoms with Gasteiger partial charge in [-0.05, 0) is 35.1 Å². The molecule has 0 aliphatic heterocycles. The summed E-state index contributed by atoms with van der Waals surface area (Å²) in [4.78, 5) is 12.3. The van der Waals surface area contributed by atoms with Crippen molar-refractivity contribution in [3.8, 4) is 0 Å². The zero-order valence-electron chi connectivity index (χ0n) is 14.0. The van der Waals surface area contributed by atoms with Crippen LogP contribution >= 0.6 is 15.9 Å². The van der Waals surface area contributed by atoms with Crippen LogP contribution in [0, 0.1) is 6.92 Å². The van der Waals surface area contributed by atoms with Crippen LogP contribution in [0.4, 0.5) is 10.5 Å². The van der Waals surface area contributed by atoms with E-state index in [-0.39, 0.29) is 11.4 Å². The first-order valence-electron chi connectivity index (χ1n) is 7.67. The molecule has 0 fully saturated rings. The molecular weight excluding hydrogens is 352 g/mol. The van der Waals surface area contributed by atoms with Crippen molar-refractivity contribution in [2.24, 2.45) is 0 Å². The highest BCUT2D eigenvalue weighted by Gasteiger charge is 2.20. The lowest BCUT2D eigenvalue weighted by atomic mass is 9.84. The zero-order chi connectivity index (χ0) is 17.0. The number of hydrogen-bond donors (Lipinski definition) is 2. The van der Waals surface area contributed by atoms with Gasteiger partial charge < -0.3 is 10.6 Å². The van der Waals surface area contributed by atoms with Crippen LogP contribution < -0.4 is 10.6 Å². The molecule has 2 N–H and O–H groups in total. The second kappa shape index (κ2) is 7.18. The first-order valence-corrected chi connectivity index (χ1v) is 8.46. The Labute approximate surface area is 146 Å². The average Bonchev–Trinajstić information content (AvgIpc) is 2.47. The van der Waals surface area contributed by atoms with Crippen LogP contribution in [-0.2, 0) is 12.0 Å². The molecule has 3 nitrogen and oxygen atoms in total. The fourth-order valence-electron chi connectivity index (χ4n) is 2.43. The van der Waals surface area contributed by atoms with Crippen LogP contribution in [0.5, 0.6) is 0 Å². The molecule has 0 radical (unpaired) electrons. The minimum Gasteiger partial charge on any atom is -0.334 e. The number of halogens is 1. The number of carbonyl (C=O) groups is 1. The van der Waals surface area contributed by atoms with E-state index in [4.69, 9.17) is 0 Å². The molecule has 0 aliphatic rings. The summed E-state index contributed by atoms with van der Waals surface area (Å²) >= 11 is 3.49. The van der Waals surface area contributed by atoms with Crippen LogP contribution in [-0.4, -0.2) is 6.03 Å². The summed E-state index contributed by atoms with van der Waals surface area (Å²) in [5.41, 5.74) is 4.10. The van der Waals surface area contributed by atoms with Gasteiger partial charge >= 0.3 is 6.03 Å². The SMILES string of the molecule is Cc1cccc(C(C)(C)C)c1NC(=O)NCc1ccccc1Br. The third-order valence-electron chi connectivity index (χ3n) is 3.72. The van der Waals surface area contributed by atoms with E-state index in [0.29, 0.717) is 6.54 Å². The number of hydrogen-bond acceptors (Lipinski definition) is 1. The van der Waals surface area contributed by atoms with E-state index in [1.54, 1.807) is 0 Å². The topological polar surface area (TPSA) is 41.1 Å². The fraction of sp³-hybridized carbons (Fsp3) is 0.316. The third kappa shape index (κ3) is 4.58. The van der Waals surface area contributed by atoms with Crippen molar-refractivity contribution in [1.29, 1.82) is 0 Å². The van der Waals surface area contributed by atoms with Gasteiger partial charge in [0.25, 0.3) is 0 Å². The first kappa shape index (κ1) is 17.5. The number of aryl methyl sites for hydroxylation is 1. The first-order chi connectivity index (χ1) is 10.8. The van der Waals surface area contributed by atoms with E-state index in [1.807, 2.05) is 43.3 Å². The van der Waals surface area contributed by atoms with Gasteiger partial charge in [0.15, 0.2) is 0 Å². The maximum atomic E-state index is 12.3. The predicted molar refractivity (Wildman–Crippen MR) is 99.9 cm³/mol. The summed E-state index contributed by atoms with van der Waals surface area (Å²) in [5, 5.41) is 5.92. The number of nitrogens with one attached hydrogen (secondary N) is 2. The van der Waals surface area contributed by atoms with Gasteiger partial charge in [-0.1, -0.05) is 73.1 Å². The maximum absolute atomic E-state index is 12.3. The quantitative estimate of drug-likeness (QED) is 0.743.